The summed E-state index contributed by atoms with van der Waals surface area (Å²) in [6.07, 6.45) is 0.849. The standard InChI is InChI=1S/C23H23ClF2N4O4S/c1-2-34-22(33)17-15(11-30-12-23(25,26)8-7-16(30)21(31)32)28-19(20-27-9-10-35-20)29-18(17)13-5-3-4-6-14(13)24/h3-6,9-10,16,18H,2,7-8,11-12H2,1H3,(H,28,29)(H,31,32)/t16-,18-/m0/s1. The highest BCUT2D eigenvalue weighted by molar-refractivity contribution is 7.11. The number of carbonyl (C=O) groups is 2. The first-order chi connectivity index (χ1) is 16.7. The average Bonchev–Trinajstić information content (AvgIpc) is 3.33. The number of aromatic nitrogens is 1. The SMILES string of the molecule is CCOC(=O)C1=C(CN2CC(F)(F)CC[C@H]2C(=O)O)NC(c2nccs2)=N[C@H]1c1ccccc1Cl. The summed E-state index contributed by atoms with van der Waals surface area (Å²) in [5.41, 5.74) is 0.819. The van der Waals surface area contributed by atoms with Gasteiger partial charge in [0.2, 0.25) is 0 Å². The Morgan fingerprint density at radius 1 is 1.37 bits per heavy atom. The van der Waals surface area contributed by atoms with Crippen molar-refractivity contribution in [2.45, 2.75) is 37.8 Å². The molecule has 4 rings (SSSR count). The number of nitrogens with one attached hydrogen (secondary N) is 1. The van der Waals surface area contributed by atoms with Gasteiger partial charge < -0.3 is 15.2 Å². The van der Waals surface area contributed by atoms with Crippen LogP contribution in [0.15, 0.2) is 52.1 Å². The van der Waals surface area contributed by atoms with Gasteiger partial charge in [-0.1, -0.05) is 29.8 Å². The minimum absolute atomic E-state index is 0.0768. The molecule has 2 atom stereocenters. The zero-order valence-corrected chi connectivity index (χ0v) is 20.3. The number of likely N-dealkylation sites (tertiary alicyclic amines) is 1. The second kappa shape index (κ2) is 10.4. The molecular formula is C23H23ClF2N4O4S. The number of hydrogen-bond donors (Lipinski definition) is 2. The molecule has 1 aromatic carbocycles. The summed E-state index contributed by atoms with van der Waals surface area (Å²) in [5, 5.41) is 15.3. The van der Waals surface area contributed by atoms with Gasteiger partial charge in [-0.3, -0.25) is 14.7 Å². The Bertz CT molecular complexity index is 1170. The van der Waals surface area contributed by atoms with E-state index < -0.39 is 42.9 Å². The number of carbonyl (C=O) groups excluding carboxylic acids is 1. The molecule has 0 unspecified atom stereocenters. The number of alkyl halides is 2. The molecule has 3 heterocycles. The third-order valence-corrected chi connectivity index (χ3v) is 6.89. The summed E-state index contributed by atoms with van der Waals surface area (Å²) in [6.45, 7) is 0.708. The number of nitrogens with zero attached hydrogens (tertiary/aromatic N) is 3. The van der Waals surface area contributed by atoms with Gasteiger partial charge in [-0.25, -0.2) is 18.6 Å². The molecule has 186 valence electrons. The van der Waals surface area contributed by atoms with Gasteiger partial charge in [-0.05, 0) is 19.4 Å². The number of aliphatic imine (C=N–C) groups is 1. The molecule has 0 amide bonds. The monoisotopic (exact) mass is 524 g/mol. The Kier molecular flexibility index (Phi) is 7.48. The Labute approximate surface area is 209 Å². The number of halogens is 3. The second-order valence-electron chi connectivity index (χ2n) is 8.13. The van der Waals surface area contributed by atoms with Crippen LogP contribution in [0.3, 0.4) is 0 Å². The summed E-state index contributed by atoms with van der Waals surface area (Å²) < 4.78 is 33.9. The van der Waals surface area contributed by atoms with E-state index in [1.165, 1.54) is 16.2 Å². The number of benzene rings is 1. The maximum Gasteiger partial charge on any atom is 0.338 e. The molecule has 1 aromatic heterocycles. The molecule has 0 spiro atoms. The molecule has 1 saturated heterocycles. The maximum atomic E-state index is 14.3. The molecule has 0 radical (unpaired) electrons. The van der Waals surface area contributed by atoms with Crippen LogP contribution in [0.4, 0.5) is 8.78 Å². The molecule has 0 aliphatic carbocycles. The van der Waals surface area contributed by atoms with Crippen LogP contribution in [0.1, 0.15) is 36.4 Å². The maximum absolute atomic E-state index is 14.3. The molecule has 8 nitrogen and oxygen atoms in total. The van der Waals surface area contributed by atoms with Crippen LogP contribution in [0.2, 0.25) is 5.02 Å². The number of carboxylic acid groups (broad SMARTS) is 1. The lowest BCUT2D eigenvalue weighted by Gasteiger charge is -2.38. The predicted octanol–water partition coefficient (Wildman–Crippen LogP) is 3.89. The van der Waals surface area contributed by atoms with E-state index >= 15 is 0 Å². The van der Waals surface area contributed by atoms with Gasteiger partial charge in [-0.2, -0.15) is 0 Å². The lowest BCUT2D eigenvalue weighted by molar-refractivity contribution is -0.151. The fourth-order valence-electron chi connectivity index (χ4n) is 4.21. The van der Waals surface area contributed by atoms with Crippen molar-refractivity contribution in [1.29, 1.82) is 0 Å². The number of esters is 1. The highest BCUT2D eigenvalue weighted by atomic mass is 35.5. The largest absolute Gasteiger partial charge is 0.480 e. The fraction of sp³-hybridized carbons (Fsp3) is 0.391. The first kappa shape index (κ1) is 25.2. The van der Waals surface area contributed by atoms with Gasteiger partial charge in [0.05, 0.1) is 18.7 Å². The van der Waals surface area contributed by atoms with E-state index in [9.17, 15) is 23.5 Å². The van der Waals surface area contributed by atoms with Crippen molar-refractivity contribution in [3.05, 3.63) is 62.7 Å². The molecule has 35 heavy (non-hydrogen) atoms. The second-order valence-corrected chi connectivity index (χ2v) is 9.43. The first-order valence-corrected chi connectivity index (χ1v) is 12.2. The van der Waals surface area contributed by atoms with Gasteiger partial charge in [0.1, 0.15) is 12.1 Å². The van der Waals surface area contributed by atoms with Gasteiger partial charge in [0, 0.05) is 40.8 Å². The van der Waals surface area contributed by atoms with Crippen LogP contribution in [-0.4, -0.2) is 64.4 Å². The van der Waals surface area contributed by atoms with Gasteiger partial charge in [0.25, 0.3) is 5.92 Å². The van der Waals surface area contributed by atoms with E-state index in [2.05, 4.69) is 10.3 Å². The molecule has 1 fully saturated rings. The van der Waals surface area contributed by atoms with Crippen LogP contribution in [0, 0.1) is 0 Å². The number of rotatable bonds is 7. The van der Waals surface area contributed by atoms with Crippen molar-refractivity contribution in [2.24, 2.45) is 4.99 Å². The van der Waals surface area contributed by atoms with Gasteiger partial charge in [0.15, 0.2) is 10.8 Å². The van der Waals surface area contributed by atoms with Crippen LogP contribution in [0.5, 0.6) is 0 Å². The lowest BCUT2D eigenvalue weighted by Crippen LogP contribution is -2.54. The van der Waals surface area contributed by atoms with E-state index in [1.54, 1.807) is 42.8 Å². The van der Waals surface area contributed by atoms with Gasteiger partial charge in [-0.15, -0.1) is 11.3 Å². The highest BCUT2D eigenvalue weighted by Gasteiger charge is 2.44. The first-order valence-electron chi connectivity index (χ1n) is 10.9. The number of amidine groups is 1. The third-order valence-electron chi connectivity index (χ3n) is 5.76. The topological polar surface area (TPSA) is 104 Å². The smallest absolute Gasteiger partial charge is 0.338 e. The molecule has 2 aromatic rings. The van der Waals surface area contributed by atoms with Crippen molar-refractivity contribution < 1.29 is 28.2 Å². The number of aliphatic carboxylic acids is 1. The van der Waals surface area contributed by atoms with E-state index in [0.717, 1.165) is 0 Å². The van der Waals surface area contributed by atoms with Crippen molar-refractivity contribution >= 4 is 40.7 Å². The summed E-state index contributed by atoms with van der Waals surface area (Å²) in [5.74, 6) is -4.63. The fourth-order valence-corrected chi connectivity index (χ4v) is 5.03. The molecule has 2 aliphatic heterocycles. The van der Waals surface area contributed by atoms with Crippen LogP contribution >= 0.6 is 22.9 Å². The number of ether oxygens (including phenoxy) is 1. The Hall–Kier alpha value is -2.89. The minimum atomic E-state index is -3.06. The van der Waals surface area contributed by atoms with Crippen LogP contribution in [0.25, 0.3) is 0 Å². The zero-order valence-electron chi connectivity index (χ0n) is 18.7. The number of hydrogen-bond acceptors (Lipinski definition) is 8. The highest BCUT2D eigenvalue weighted by Crippen LogP contribution is 2.37. The molecule has 12 heteroatoms. The Morgan fingerprint density at radius 2 is 2.14 bits per heavy atom. The molecular weight excluding hydrogens is 502 g/mol. The molecule has 0 bridgehead atoms. The van der Waals surface area contributed by atoms with E-state index in [1.807, 2.05) is 0 Å². The van der Waals surface area contributed by atoms with Crippen LogP contribution in [-0.2, 0) is 14.3 Å². The number of thiazole rings is 1. The Morgan fingerprint density at radius 3 is 2.80 bits per heavy atom. The molecule has 2 aliphatic rings. The average molecular weight is 525 g/mol. The summed E-state index contributed by atoms with van der Waals surface area (Å²) >= 11 is 7.75. The lowest BCUT2D eigenvalue weighted by atomic mass is 9.94. The number of piperidine rings is 1. The summed E-state index contributed by atoms with van der Waals surface area (Å²) in [7, 11) is 0. The summed E-state index contributed by atoms with van der Waals surface area (Å²) in [6, 6.07) is 4.81. The third kappa shape index (κ3) is 5.52. The van der Waals surface area contributed by atoms with E-state index in [0.29, 0.717) is 21.4 Å². The zero-order chi connectivity index (χ0) is 25.2. The van der Waals surface area contributed by atoms with Crippen molar-refractivity contribution in [3.8, 4) is 0 Å². The summed E-state index contributed by atoms with van der Waals surface area (Å²) in [4.78, 5) is 35.1. The minimum Gasteiger partial charge on any atom is -0.480 e. The van der Waals surface area contributed by atoms with Crippen molar-refractivity contribution in [2.75, 3.05) is 19.7 Å². The molecule has 2 N–H and O–H groups in total. The van der Waals surface area contributed by atoms with Gasteiger partial charge >= 0.3 is 11.9 Å². The molecule has 0 saturated carbocycles. The van der Waals surface area contributed by atoms with E-state index in [4.69, 9.17) is 21.3 Å². The Balaban J connectivity index is 1.83. The van der Waals surface area contributed by atoms with Crippen molar-refractivity contribution in [3.63, 3.8) is 0 Å². The van der Waals surface area contributed by atoms with Crippen molar-refractivity contribution in [1.82, 2.24) is 15.2 Å². The quantitative estimate of drug-likeness (QED) is 0.529. The normalized spacial score (nSPS) is 22.3. The number of carboxylic acids is 1. The van der Waals surface area contributed by atoms with Crippen LogP contribution < -0.4 is 5.32 Å². The predicted molar refractivity (Wildman–Crippen MR) is 127 cm³/mol. The van der Waals surface area contributed by atoms with E-state index in [-0.39, 0.29) is 30.8 Å².